The summed E-state index contributed by atoms with van der Waals surface area (Å²) in [6, 6.07) is 15.9. The van der Waals surface area contributed by atoms with E-state index in [1.165, 1.54) is 46.6 Å². The van der Waals surface area contributed by atoms with Crippen LogP contribution in [0.25, 0.3) is 0 Å². The number of hydrogen-bond acceptors (Lipinski definition) is 7. The molecule has 10 heteroatoms. The number of methoxy groups -OCH3 is 4. The third-order valence-corrected chi connectivity index (χ3v) is 7.02. The van der Waals surface area contributed by atoms with Crippen molar-refractivity contribution in [3.63, 3.8) is 0 Å². The third kappa shape index (κ3) is 5.78. The molecule has 0 aromatic heterocycles. The maximum absolute atomic E-state index is 13.6. The van der Waals surface area contributed by atoms with E-state index < -0.39 is 22.5 Å². The van der Waals surface area contributed by atoms with E-state index in [9.17, 15) is 13.2 Å². The fourth-order valence-electron chi connectivity index (χ4n) is 3.36. The lowest BCUT2D eigenvalue weighted by atomic mass is 10.2. The second kappa shape index (κ2) is 11.0. The maximum atomic E-state index is 13.6. The lowest BCUT2D eigenvalue weighted by molar-refractivity contribution is -0.114. The molecule has 3 aromatic rings. The first-order chi connectivity index (χ1) is 16.7. The van der Waals surface area contributed by atoms with E-state index in [-0.39, 0.29) is 10.6 Å². The molecule has 9 nitrogen and oxygen atoms in total. The number of anilines is 2. The van der Waals surface area contributed by atoms with Crippen molar-refractivity contribution < 1.29 is 32.2 Å². The summed E-state index contributed by atoms with van der Waals surface area (Å²) in [6.45, 7) is 1.35. The minimum absolute atomic E-state index is 0.0460. The number of ether oxygens (including phenoxy) is 4. The zero-order valence-corrected chi connectivity index (χ0v) is 21.0. The van der Waals surface area contributed by atoms with Crippen LogP contribution in [-0.2, 0) is 14.8 Å². The van der Waals surface area contributed by atoms with Crippen molar-refractivity contribution in [3.8, 4) is 23.0 Å². The molecule has 0 unspecified atom stereocenters. The monoisotopic (exact) mass is 500 g/mol. The maximum Gasteiger partial charge on any atom is 0.264 e. The molecule has 1 amide bonds. The Kier molecular flexibility index (Phi) is 8.08. The van der Waals surface area contributed by atoms with Crippen LogP contribution in [0.1, 0.15) is 5.56 Å². The molecule has 35 heavy (non-hydrogen) atoms. The van der Waals surface area contributed by atoms with Gasteiger partial charge in [0.2, 0.25) is 5.91 Å². The van der Waals surface area contributed by atoms with E-state index in [0.717, 1.165) is 9.87 Å². The number of carbonyl (C=O) groups excluding carboxylic acids is 1. The van der Waals surface area contributed by atoms with Gasteiger partial charge in [0.25, 0.3) is 10.0 Å². The van der Waals surface area contributed by atoms with Gasteiger partial charge in [0, 0.05) is 12.1 Å². The quantitative estimate of drug-likeness (QED) is 0.451. The van der Waals surface area contributed by atoms with Gasteiger partial charge in [0.1, 0.15) is 18.0 Å². The zero-order chi connectivity index (χ0) is 25.6. The van der Waals surface area contributed by atoms with Crippen LogP contribution in [0.5, 0.6) is 23.0 Å². The van der Waals surface area contributed by atoms with Crippen LogP contribution in [0.4, 0.5) is 11.4 Å². The number of rotatable bonds is 10. The summed E-state index contributed by atoms with van der Waals surface area (Å²) < 4.78 is 49.4. The van der Waals surface area contributed by atoms with Gasteiger partial charge in [-0.05, 0) is 43.3 Å². The molecule has 0 radical (unpaired) electrons. The fourth-order valence-corrected chi connectivity index (χ4v) is 4.78. The van der Waals surface area contributed by atoms with Crippen molar-refractivity contribution in [2.75, 3.05) is 44.6 Å². The molecular formula is C25H28N2O7S. The number of aryl methyl sites for hydroxylation is 1. The molecule has 0 aliphatic rings. The van der Waals surface area contributed by atoms with E-state index in [1.54, 1.807) is 42.5 Å². The molecule has 0 heterocycles. The molecule has 0 aliphatic heterocycles. The van der Waals surface area contributed by atoms with Crippen LogP contribution in [-0.4, -0.2) is 49.3 Å². The first-order valence-corrected chi connectivity index (χ1v) is 12.0. The summed E-state index contributed by atoms with van der Waals surface area (Å²) in [5.74, 6) is 1.07. The van der Waals surface area contributed by atoms with Gasteiger partial charge in [0.15, 0.2) is 11.5 Å². The van der Waals surface area contributed by atoms with Crippen molar-refractivity contribution in [2.24, 2.45) is 0 Å². The molecule has 0 saturated heterocycles. The Balaban J connectivity index is 2.02. The molecule has 0 atom stereocenters. The number of carbonyl (C=O) groups is 1. The first kappa shape index (κ1) is 25.7. The SMILES string of the molecule is COc1ccc(OC)c(NC(=O)CN(c2ccc(OC)c(OC)c2)S(=O)(=O)c2ccc(C)cc2)c1. The van der Waals surface area contributed by atoms with E-state index in [2.05, 4.69) is 5.32 Å². The van der Waals surface area contributed by atoms with Crippen LogP contribution < -0.4 is 28.6 Å². The molecule has 1 N–H and O–H groups in total. The fraction of sp³-hybridized carbons (Fsp3) is 0.240. The molecule has 0 saturated carbocycles. The highest BCUT2D eigenvalue weighted by atomic mass is 32.2. The van der Waals surface area contributed by atoms with E-state index in [0.29, 0.717) is 28.7 Å². The summed E-state index contributed by atoms with van der Waals surface area (Å²) in [6.07, 6.45) is 0. The van der Waals surface area contributed by atoms with E-state index in [1.807, 2.05) is 6.92 Å². The Morgan fingerprint density at radius 2 is 1.43 bits per heavy atom. The molecule has 3 rings (SSSR count). The van der Waals surface area contributed by atoms with Crippen molar-refractivity contribution in [2.45, 2.75) is 11.8 Å². The second-order valence-electron chi connectivity index (χ2n) is 7.48. The van der Waals surface area contributed by atoms with Gasteiger partial charge in [-0.2, -0.15) is 0 Å². The van der Waals surface area contributed by atoms with Crippen LogP contribution in [0.15, 0.2) is 65.6 Å². The minimum atomic E-state index is -4.11. The Bertz CT molecular complexity index is 1290. The normalized spacial score (nSPS) is 10.9. The van der Waals surface area contributed by atoms with Crippen molar-refractivity contribution in [3.05, 3.63) is 66.2 Å². The second-order valence-corrected chi connectivity index (χ2v) is 9.34. The number of hydrogen-bond donors (Lipinski definition) is 1. The predicted octanol–water partition coefficient (Wildman–Crippen LogP) is 3.86. The van der Waals surface area contributed by atoms with Crippen LogP contribution in [0.3, 0.4) is 0 Å². The zero-order valence-electron chi connectivity index (χ0n) is 20.2. The van der Waals surface area contributed by atoms with Gasteiger partial charge in [-0.1, -0.05) is 17.7 Å². The Morgan fingerprint density at radius 3 is 2.03 bits per heavy atom. The summed E-state index contributed by atoms with van der Waals surface area (Å²) in [4.78, 5) is 13.2. The standard InChI is InChI=1S/C25H28N2O7S/c1-17-6-10-20(11-7-17)35(29,30)27(18-8-12-23(33-4)24(14-18)34-5)16-25(28)26-21-15-19(31-2)9-13-22(21)32-3/h6-15H,16H2,1-5H3,(H,26,28). The summed E-state index contributed by atoms with van der Waals surface area (Å²) in [5.41, 5.74) is 1.48. The largest absolute Gasteiger partial charge is 0.497 e. The van der Waals surface area contributed by atoms with Crippen LogP contribution in [0, 0.1) is 6.92 Å². The van der Waals surface area contributed by atoms with E-state index >= 15 is 0 Å². The number of amides is 1. The minimum Gasteiger partial charge on any atom is -0.497 e. The van der Waals surface area contributed by atoms with Crippen LogP contribution in [0.2, 0.25) is 0 Å². The summed E-state index contributed by atoms with van der Waals surface area (Å²) in [7, 11) is 1.78. The Morgan fingerprint density at radius 1 is 0.800 bits per heavy atom. The van der Waals surface area contributed by atoms with Gasteiger partial charge < -0.3 is 24.3 Å². The highest BCUT2D eigenvalue weighted by Gasteiger charge is 2.28. The highest BCUT2D eigenvalue weighted by Crippen LogP contribution is 2.34. The number of sulfonamides is 1. The van der Waals surface area contributed by atoms with E-state index in [4.69, 9.17) is 18.9 Å². The van der Waals surface area contributed by atoms with Gasteiger partial charge >= 0.3 is 0 Å². The van der Waals surface area contributed by atoms with Crippen molar-refractivity contribution in [1.29, 1.82) is 0 Å². The molecular weight excluding hydrogens is 472 g/mol. The first-order valence-electron chi connectivity index (χ1n) is 10.6. The summed E-state index contributed by atoms with van der Waals surface area (Å²) in [5, 5.41) is 2.71. The average Bonchev–Trinajstić information content (AvgIpc) is 2.86. The number of nitrogens with zero attached hydrogens (tertiary/aromatic N) is 1. The Labute approximate surface area is 205 Å². The number of benzene rings is 3. The van der Waals surface area contributed by atoms with Gasteiger partial charge in [-0.25, -0.2) is 8.42 Å². The average molecular weight is 501 g/mol. The predicted molar refractivity (Wildman–Crippen MR) is 133 cm³/mol. The third-order valence-electron chi connectivity index (χ3n) is 5.23. The van der Waals surface area contributed by atoms with Crippen LogP contribution >= 0.6 is 0 Å². The summed E-state index contributed by atoms with van der Waals surface area (Å²) >= 11 is 0. The molecule has 3 aromatic carbocycles. The van der Waals surface area contributed by atoms with Gasteiger partial charge in [-0.3, -0.25) is 9.10 Å². The smallest absolute Gasteiger partial charge is 0.264 e. The van der Waals surface area contributed by atoms with Gasteiger partial charge in [-0.15, -0.1) is 0 Å². The Hall–Kier alpha value is -3.92. The molecule has 0 fully saturated rings. The van der Waals surface area contributed by atoms with Gasteiger partial charge in [0.05, 0.1) is 44.7 Å². The number of nitrogens with one attached hydrogen (secondary N) is 1. The lowest BCUT2D eigenvalue weighted by Crippen LogP contribution is -2.38. The highest BCUT2D eigenvalue weighted by molar-refractivity contribution is 7.92. The van der Waals surface area contributed by atoms with Crippen molar-refractivity contribution in [1.82, 2.24) is 0 Å². The molecule has 0 aliphatic carbocycles. The molecule has 186 valence electrons. The van der Waals surface area contributed by atoms with Crippen molar-refractivity contribution >= 4 is 27.3 Å². The molecule has 0 spiro atoms. The topological polar surface area (TPSA) is 103 Å². The molecule has 0 bridgehead atoms. The lowest BCUT2D eigenvalue weighted by Gasteiger charge is -2.25.